The van der Waals surface area contributed by atoms with Crippen LogP contribution in [-0.2, 0) is 21.9 Å². The molecule has 2 aromatic carbocycles. The zero-order chi connectivity index (χ0) is 23.8. The van der Waals surface area contributed by atoms with Crippen molar-refractivity contribution in [2.45, 2.75) is 57.0 Å². The van der Waals surface area contributed by atoms with Crippen molar-refractivity contribution < 1.29 is 14.3 Å². The molecule has 0 aromatic heterocycles. The first-order chi connectivity index (χ1) is 15.9. The Balaban J connectivity index is 1.68. The molecule has 0 saturated heterocycles. The molecule has 2 aromatic rings. The Labute approximate surface area is 210 Å². The third kappa shape index (κ3) is 7.29. The number of carbonyl (C=O) groups is 2. The molecule has 8 heteroatoms. The van der Waals surface area contributed by atoms with Crippen molar-refractivity contribution in [2.24, 2.45) is 0 Å². The molecule has 1 unspecified atom stereocenters. The normalized spacial score (nSPS) is 14.7. The third-order valence-electron chi connectivity index (χ3n) is 5.91. The maximum absolute atomic E-state index is 13.3. The van der Waals surface area contributed by atoms with E-state index in [2.05, 4.69) is 5.32 Å². The average Bonchev–Trinajstić information content (AvgIpc) is 3.32. The SMILES string of the molecule is COc1ccc(CSCC(=O)N(Cc2c(Cl)cccc2Cl)C(C)C(=O)NC2CCCC2)cc1. The molecule has 0 spiro atoms. The van der Waals surface area contributed by atoms with E-state index in [1.54, 1.807) is 37.1 Å². The number of methoxy groups -OCH3 is 1. The van der Waals surface area contributed by atoms with Gasteiger partial charge in [-0.2, -0.15) is 0 Å². The molecule has 1 aliphatic rings. The molecule has 2 amide bonds. The number of benzene rings is 2. The molecule has 178 valence electrons. The van der Waals surface area contributed by atoms with Gasteiger partial charge in [0, 0.05) is 33.9 Å². The lowest BCUT2D eigenvalue weighted by molar-refractivity contribution is -0.138. The van der Waals surface area contributed by atoms with E-state index >= 15 is 0 Å². The Hall–Kier alpha value is -1.89. The Morgan fingerprint density at radius 2 is 1.76 bits per heavy atom. The Bertz CT molecular complexity index is 929. The lowest BCUT2D eigenvalue weighted by Crippen LogP contribution is -2.50. The van der Waals surface area contributed by atoms with E-state index < -0.39 is 6.04 Å². The van der Waals surface area contributed by atoms with Gasteiger partial charge in [0.2, 0.25) is 11.8 Å². The topological polar surface area (TPSA) is 58.6 Å². The van der Waals surface area contributed by atoms with Gasteiger partial charge in [-0.25, -0.2) is 0 Å². The van der Waals surface area contributed by atoms with Gasteiger partial charge in [-0.05, 0) is 49.6 Å². The zero-order valence-electron chi connectivity index (χ0n) is 19.0. The molecule has 1 atom stereocenters. The number of ether oxygens (including phenoxy) is 1. The number of hydrogen-bond donors (Lipinski definition) is 1. The third-order valence-corrected chi connectivity index (χ3v) is 7.61. The monoisotopic (exact) mass is 508 g/mol. The zero-order valence-corrected chi connectivity index (χ0v) is 21.3. The van der Waals surface area contributed by atoms with Crippen molar-refractivity contribution in [3.05, 3.63) is 63.6 Å². The van der Waals surface area contributed by atoms with Crippen molar-refractivity contribution in [3.63, 3.8) is 0 Å². The van der Waals surface area contributed by atoms with Crippen molar-refractivity contribution in [2.75, 3.05) is 12.9 Å². The minimum atomic E-state index is -0.632. The van der Waals surface area contributed by atoms with Gasteiger partial charge < -0.3 is 15.0 Å². The van der Waals surface area contributed by atoms with E-state index in [0.29, 0.717) is 21.4 Å². The van der Waals surface area contributed by atoms with Crippen molar-refractivity contribution >= 4 is 46.8 Å². The van der Waals surface area contributed by atoms with Crippen LogP contribution in [0.2, 0.25) is 10.0 Å². The number of hydrogen-bond acceptors (Lipinski definition) is 4. The van der Waals surface area contributed by atoms with Gasteiger partial charge in [-0.1, -0.05) is 54.2 Å². The Morgan fingerprint density at radius 1 is 1.12 bits per heavy atom. The van der Waals surface area contributed by atoms with Crippen LogP contribution in [0.5, 0.6) is 5.75 Å². The minimum Gasteiger partial charge on any atom is -0.497 e. The van der Waals surface area contributed by atoms with Crippen molar-refractivity contribution in [1.82, 2.24) is 10.2 Å². The molecular weight excluding hydrogens is 479 g/mol. The number of amides is 2. The van der Waals surface area contributed by atoms with Crippen LogP contribution in [0.25, 0.3) is 0 Å². The standard InChI is InChI=1S/C25H30Cl2N2O3S/c1-17(25(31)28-19-6-3-4-7-19)29(14-21-22(26)8-5-9-23(21)27)24(30)16-33-15-18-10-12-20(32-2)13-11-18/h5,8-13,17,19H,3-4,6-7,14-16H2,1-2H3,(H,28,31). The molecule has 0 bridgehead atoms. The Kier molecular flexibility index (Phi) is 9.78. The summed E-state index contributed by atoms with van der Waals surface area (Å²) in [5.41, 5.74) is 1.75. The molecule has 1 fully saturated rings. The highest BCUT2D eigenvalue weighted by Crippen LogP contribution is 2.27. The van der Waals surface area contributed by atoms with E-state index in [9.17, 15) is 9.59 Å². The summed E-state index contributed by atoms with van der Waals surface area (Å²) < 4.78 is 5.19. The molecule has 0 radical (unpaired) electrons. The number of carbonyl (C=O) groups excluding carboxylic acids is 2. The van der Waals surface area contributed by atoms with E-state index in [-0.39, 0.29) is 30.2 Å². The first-order valence-electron chi connectivity index (χ1n) is 11.1. The van der Waals surface area contributed by atoms with E-state index in [1.807, 2.05) is 24.3 Å². The predicted molar refractivity (Wildman–Crippen MR) is 136 cm³/mol. The van der Waals surface area contributed by atoms with Crippen LogP contribution in [0.4, 0.5) is 0 Å². The summed E-state index contributed by atoms with van der Waals surface area (Å²) in [5, 5.41) is 4.07. The average molecular weight is 509 g/mol. The number of thioether (sulfide) groups is 1. The minimum absolute atomic E-state index is 0.126. The first kappa shape index (κ1) is 25.7. The number of nitrogens with zero attached hydrogens (tertiary/aromatic N) is 1. The smallest absolute Gasteiger partial charge is 0.242 e. The lowest BCUT2D eigenvalue weighted by atomic mass is 10.1. The summed E-state index contributed by atoms with van der Waals surface area (Å²) in [4.78, 5) is 27.8. The summed E-state index contributed by atoms with van der Waals surface area (Å²) in [6.45, 7) is 1.95. The van der Waals surface area contributed by atoms with Crippen LogP contribution >= 0.6 is 35.0 Å². The number of halogens is 2. The summed E-state index contributed by atoms with van der Waals surface area (Å²) in [7, 11) is 1.63. The van der Waals surface area contributed by atoms with Gasteiger partial charge in [0.1, 0.15) is 11.8 Å². The first-order valence-corrected chi connectivity index (χ1v) is 13.0. The summed E-state index contributed by atoms with van der Waals surface area (Å²) in [6, 6.07) is 12.6. The molecule has 1 saturated carbocycles. The van der Waals surface area contributed by atoms with Gasteiger partial charge in [0.25, 0.3) is 0 Å². The molecule has 5 nitrogen and oxygen atoms in total. The van der Waals surface area contributed by atoms with Crippen LogP contribution in [0, 0.1) is 0 Å². The van der Waals surface area contributed by atoms with Gasteiger partial charge >= 0.3 is 0 Å². The second-order valence-corrected chi connectivity index (χ2v) is 10.0. The lowest BCUT2D eigenvalue weighted by Gasteiger charge is -2.30. The van der Waals surface area contributed by atoms with Gasteiger partial charge in [-0.15, -0.1) is 11.8 Å². The highest BCUT2D eigenvalue weighted by molar-refractivity contribution is 7.99. The fourth-order valence-corrected chi connectivity index (χ4v) is 5.28. The van der Waals surface area contributed by atoms with Crippen molar-refractivity contribution in [3.8, 4) is 5.75 Å². The van der Waals surface area contributed by atoms with Gasteiger partial charge in [-0.3, -0.25) is 9.59 Å². The molecular formula is C25H30Cl2N2O3S. The van der Waals surface area contributed by atoms with Crippen LogP contribution < -0.4 is 10.1 Å². The molecule has 3 rings (SSSR count). The van der Waals surface area contributed by atoms with Crippen LogP contribution in [-0.4, -0.2) is 41.7 Å². The van der Waals surface area contributed by atoms with Crippen LogP contribution in [0.15, 0.2) is 42.5 Å². The fourth-order valence-electron chi connectivity index (χ4n) is 3.89. The quantitative estimate of drug-likeness (QED) is 0.446. The summed E-state index contributed by atoms with van der Waals surface area (Å²) in [5.74, 6) is 1.45. The second-order valence-electron chi connectivity index (χ2n) is 8.23. The maximum Gasteiger partial charge on any atom is 0.242 e. The highest BCUT2D eigenvalue weighted by Gasteiger charge is 2.29. The van der Waals surface area contributed by atoms with E-state index in [4.69, 9.17) is 27.9 Å². The van der Waals surface area contributed by atoms with Gasteiger partial charge in [0.05, 0.1) is 12.9 Å². The van der Waals surface area contributed by atoms with Gasteiger partial charge in [0.15, 0.2) is 0 Å². The fraction of sp³-hybridized carbons (Fsp3) is 0.440. The molecule has 0 heterocycles. The van der Waals surface area contributed by atoms with E-state index in [0.717, 1.165) is 37.0 Å². The molecule has 0 aliphatic heterocycles. The molecule has 1 N–H and O–H groups in total. The van der Waals surface area contributed by atoms with Crippen molar-refractivity contribution in [1.29, 1.82) is 0 Å². The summed E-state index contributed by atoms with van der Waals surface area (Å²) in [6.07, 6.45) is 4.22. The molecule has 1 aliphatic carbocycles. The number of nitrogens with one attached hydrogen (secondary N) is 1. The Morgan fingerprint density at radius 3 is 2.36 bits per heavy atom. The van der Waals surface area contributed by atoms with Crippen LogP contribution in [0.3, 0.4) is 0 Å². The predicted octanol–water partition coefficient (Wildman–Crippen LogP) is 5.71. The van der Waals surface area contributed by atoms with E-state index in [1.165, 1.54) is 11.8 Å². The van der Waals surface area contributed by atoms with Crippen LogP contribution in [0.1, 0.15) is 43.7 Å². The summed E-state index contributed by atoms with van der Waals surface area (Å²) >= 11 is 14.2. The molecule has 33 heavy (non-hydrogen) atoms. The largest absolute Gasteiger partial charge is 0.497 e. The number of rotatable bonds is 10. The highest BCUT2D eigenvalue weighted by atomic mass is 35.5. The second kappa shape index (κ2) is 12.5. The maximum atomic E-state index is 13.3.